The minimum Gasteiger partial charge on any atom is -0.452 e. The van der Waals surface area contributed by atoms with E-state index in [4.69, 9.17) is 23.2 Å². The maximum absolute atomic E-state index is 13.2. The Balaban J connectivity index is 1.98. The molecule has 3 aromatic heterocycles. The quantitative estimate of drug-likeness (QED) is 0.350. The van der Waals surface area contributed by atoms with Crippen LogP contribution in [-0.4, -0.2) is 56.3 Å². The lowest BCUT2D eigenvalue weighted by Crippen LogP contribution is -2.46. The Bertz CT molecular complexity index is 1270. The van der Waals surface area contributed by atoms with Crippen molar-refractivity contribution in [3.8, 4) is 5.82 Å². The minimum atomic E-state index is -0.782. The Labute approximate surface area is 212 Å². The molecule has 0 aliphatic rings. The summed E-state index contributed by atoms with van der Waals surface area (Å²) >= 11 is 15.5. The molecular formula is C20H18BrCl2N7O4. The van der Waals surface area contributed by atoms with Gasteiger partial charge in [-0.25, -0.2) is 24.5 Å². The van der Waals surface area contributed by atoms with Crippen LogP contribution < -0.4 is 10.7 Å². The number of aromatic nitrogens is 4. The molecule has 3 aromatic rings. The smallest absolute Gasteiger partial charge is 0.428 e. The Kier molecular flexibility index (Phi) is 8.07. The van der Waals surface area contributed by atoms with Crippen molar-refractivity contribution in [2.24, 2.45) is 0 Å². The van der Waals surface area contributed by atoms with Crippen LogP contribution in [0.15, 0.2) is 35.1 Å². The number of anilines is 1. The van der Waals surface area contributed by atoms with E-state index in [9.17, 15) is 14.4 Å². The summed E-state index contributed by atoms with van der Waals surface area (Å²) in [6.07, 6.45) is 0.732. The lowest BCUT2D eigenvalue weighted by atomic mass is 10.1. The summed E-state index contributed by atoms with van der Waals surface area (Å²) in [6, 6.07) is 6.20. The second kappa shape index (κ2) is 10.8. The number of ether oxygens (including phenoxy) is 1. The van der Waals surface area contributed by atoms with Crippen LogP contribution in [0.2, 0.25) is 10.2 Å². The Morgan fingerprint density at radius 1 is 1.24 bits per heavy atom. The van der Waals surface area contributed by atoms with Crippen LogP contribution in [0.1, 0.15) is 33.5 Å². The van der Waals surface area contributed by atoms with Gasteiger partial charge in [-0.05, 0) is 53.5 Å². The van der Waals surface area contributed by atoms with Gasteiger partial charge in [-0.1, -0.05) is 23.2 Å². The van der Waals surface area contributed by atoms with Gasteiger partial charge in [0.15, 0.2) is 11.5 Å². The number of hydrogen-bond donors (Lipinski definition) is 2. The van der Waals surface area contributed by atoms with Gasteiger partial charge in [0.05, 0.1) is 17.8 Å². The van der Waals surface area contributed by atoms with Gasteiger partial charge in [0.25, 0.3) is 11.8 Å². The number of pyridine rings is 2. The minimum absolute atomic E-state index is 0.0230. The number of halogens is 3. The number of carbonyl (C=O) groups is 3. The number of nitrogens with one attached hydrogen (secondary N) is 2. The molecule has 0 aliphatic heterocycles. The lowest BCUT2D eigenvalue weighted by molar-refractivity contribution is 0.0718. The molecule has 0 bridgehead atoms. The average molecular weight is 571 g/mol. The highest BCUT2D eigenvalue weighted by Crippen LogP contribution is 2.26. The number of aryl methyl sites for hydroxylation is 1. The Hall–Kier alpha value is -3.22. The maximum atomic E-state index is 13.2. The molecule has 2 N–H and O–H groups in total. The highest BCUT2D eigenvalue weighted by molar-refractivity contribution is 9.10. The van der Waals surface area contributed by atoms with Gasteiger partial charge in [0.2, 0.25) is 0 Å². The number of carbonyl (C=O) groups excluding carboxylic acids is 3. The molecule has 3 amide bonds. The summed E-state index contributed by atoms with van der Waals surface area (Å²) in [5, 5.41) is 8.15. The topological polar surface area (TPSA) is 131 Å². The van der Waals surface area contributed by atoms with E-state index in [1.165, 1.54) is 30.1 Å². The molecule has 0 saturated heterocycles. The first-order chi connectivity index (χ1) is 16.2. The molecule has 11 nitrogen and oxygen atoms in total. The molecule has 0 unspecified atom stereocenters. The number of hydrogen-bond acceptors (Lipinski definition) is 7. The van der Waals surface area contributed by atoms with E-state index in [1.807, 2.05) is 0 Å². The molecule has 0 radical (unpaired) electrons. The van der Waals surface area contributed by atoms with Crippen LogP contribution in [-0.2, 0) is 4.74 Å². The zero-order chi connectivity index (χ0) is 25.0. The van der Waals surface area contributed by atoms with Gasteiger partial charge in [-0.2, -0.15) is 5.10 Å². The van der Waals surface area contributed by atoms with Crippen molar-refractivity contribution in [3.63, 3.8) is 0 Å². The number of nitrogens with zero attached hydrogens (tertiary/aromatic N) is 5. The molecule has 178 valence electrons. The van der Waals surface area contributed by atoms with Crippen molar-refractivity contribution in [1.29, 1.82) is 0 Å². The van der Waals surface area contributed by atoms with E-state index >= 15 is 0 Å². The maximum Gasteiger partial charge on any atom is 0.428 e. The van der Waals surface area contributed by atoms with E-state index in [2.05, 4.69) is 46.5 Å². The summed E-state index contributed by atoms with van der Waals surface area (Å²) < 4.78 is 6.25. The van der Waals surface area contributed by atoms with Crippen LogP contribution in [0.5, 0.6) is 0 Å². The molecule has 0 saturated carbocycles. The first-order valence-electron chi connectivity index (χ1n) is 9.67. The van der Waals surface area contributed by atoms with Crippen LogP contribution in [0.25, 0.3) is 5.82 Å². The Morgan fingerprint density at radius 3 is 2.62 bits per heavy atom. The fourth-order valence-electron chi connectivity index (χ4n) is 2.88. The molecule has 0 aliphatic carbocycles. The molecule has 0 aromatic carbocycles. The summed E-state index contributed by atoms with van der Waals surface area (Å²) in [6.45, 7) is 3.40. The van der Waals surface area contributed by atoms with Crippen molar-refractivity contribution < 1.29 is 19.1 Å². The summed E-state index contributed by atoms with van der Waals surface area (Å²) in [7, 11) is 1.18. The second-order valence-electron chi connectivity index (χ2n) is 6.67. The number of methoxy groups -OCH3 is 1. The molecular weight excluding hydrogens is 553 g/mol. The van der Waals surface area contributed by atoms with Gasteiger partial charge in [0.1, 0.15) is 15.5 Å². The molecule has 3 heterocycles. The van der Waals surface area contributed by atoms with E-state index in [0.29, 0.717) is 10.2 Å². The second-order valence-corrected chi connectivity index (χ2v) is 8.27. The van der Waals surface area contributed by atoms with Crippen molar-refractivity contribution in [3.05, 3.63) is 62.2 Å². The molecule has 14 heteroatoms. The molecule has 34 heavy (non-hydrogen) atoms. The summed E-state index contributed by atoms with van der Waals surface area (Å²) in [5.74, 6) is -1.17. The number of rotatable bonds is 5. The van der Waals surface area contributed by atoms with E-state index < -0.39 is 17.9 Å². The van der Waals surface area contributed by atoms with Crippen molar-refractivity contribution >= 4 is 62.7 Å². The van der Waals surface area contributed by atoms with E-state index in [0.717, 1.165) is 5.01 Å². The van der Waals surface area contributed by atoms with Crippen LogP contribution in [0, 0.1) is 6.92 Å². The third-order valence-electron chi connectivity index (χ3n) is 4.44. The van der Waals surface area contributed by atoms with E-state index in [1.54, 1.807) is 26.0 Å². The number of hydrazine groups is 1. The van der Waals surface area contributed by atoms with Crippen LogP contribution >= 0.6 is 39.1 Å². The molecule has 0 spiro atoms. The van der Waals surface area contributed by atoms with Crippen LogP contribution in [0.4, 0.5) is 10.5 Å². The summed E-state index contributed by atoms with van der Waals surface area (Å²) in [4.78, 5) is 46.2. The van der Waals surface area contributed by atoms with Crippen molar-refractivity contribution in [1.82, 2.24) is 30.2 Å². The van der Waals surface area contributed by atoms with Gasteiger partial charge in [-0.3, -0.25) is 15.0 Å². The van der Waals surface area contributed by atoms with Gasteiger partial charge in [-0.15, -0.1) is 0 Å². The standard InChI is InChI=1S/C20H18BrCl2N7O4/c1-4-29(20(33)34-3)28-19(32)16-15(10(2)8-14(23)25-16)26-18(31)12-9-13(21)27-30(12)17-11(22)6-5-7-24-17/h5-9H,4H2,1-3H3,(H,26,31)(H,28,32). The number of amides is 3. The fourth-order valence-corrected chi connectivity index (χ4v) is 3.71. The highest BCUT2D eigenvalue weighted by Gasteiger charge is 2.25. The van der Waals surface area contributed by atoms with Crippen molar-refractivity contribution in [2.75, 3.05) is 19.0 Å². The average Bonchev–Trinajstić information content (AvgIpc) is 3.20. The highest BCUT2D eigenvalue weighted by atomic mass is 79.9. The van der Waals surface area contributed by atoms with Gasteiger partial charge in [0, 0.05) is 18.8 Å². The normalized spacial score (nSPS) is 10.5. The largest absolute Gasteiger partial charge is 0.452 e. The van der Waals surface area contributed by atoms with Crippen LogP contribution in [0.3, 0.4) is 0 Å². The fraction of sp³-hybridized carbons (Fsp3) is 0.200. The zero-order valence-electron chi connectivity index (χ0n) is 18.1. The molecule has 0 fully saturated rings. The summed E-state index contributed by atoms with van der Waals surface area (Å²) in [5.41, 5.74) is 2.81. The molecule has 3 rings (SSSR count). The van der Waals surface area contributed by atoms with Crippen molar-refractivity contribution in [2.45, 2.75) is 13.8 Å². The first-order valence-corrected chi connectivity index (χ1v) is 11.2. The lowest BCUT2D eigenvalue weighted by Gasteiger charge is -2.21. The monoisotopic (exact) mass is 569 g/mol. The predicted octanol–water partition coefficient (Wildman–Crippen LogP) is 4.03. The van der Waals surface area contributed by atoms with Gasteiger partial charge >= 0.3 is 6.09 Å². The van der Waals surface area contributed by atoms with Gasteiger partial charge < -0.3 is 10.1 Å². The Morgan fingerprint density at radius 2 is 1.97 bits per heavy atom. The molecule has 0 atom stereocenters. The van der Waals surface area contributed by atoms with E-state index in [-0.39, 0.29) is 39.6 Å². The first kappa shape index (κ1) is 25.4. The third-order valence-corrected chi connectivity index (χ3v) is 5.31. The zero-order valence-corrected chi connectivity index (χ0v) is 21.2. The predicted molar refractivity (Wildman–Crippen MR) is 128 cm³/mol. The SMILES string of the molecule is CCN(NC(=O)c1nc(Cl)cc(C)c1NC(=O)c1cc(Br)nn1-c1ncccc1Cl)C(=O)OC. The third kappa shape index (κ3) is 5.46.